The summed E-state index contributed by atoms with van der Waals surface area (Å²) in [4.78, 5) is 48.5. The number of nitrogens with one attached hydrogen (secondary N) is 2. The van der Waals surface area contributed by atoms with Gasteiger partial charge in [-0.25, -0.2) is 9.89 Å². The number of carbonyl (C=O) groups is 3. The van der Waals surface area contributed by atoms with Gasteiger partial charge in [-0.05, 0) is 37.6 Å². The van der Waals surface area contributed by atoms with Gasteiger partial charge in [0.1, 0.15) is 17.6 Å². The molecule has 4 rings (SSSR count). The fourth-order valence-corrected chi connectivity index (χ4v) is 4.24. The summed E-state index contributed by atoms with van der Waals surface area (Å²) in [6, 6.07) is 10.1. The average Bonchev–Trinajstić information content (AvgIpc) is 3.44. The van der Waals surface area contributed by atoms with E-state index in [1.807, 2.05) is 38.1 Å². The Morgan fingerprint density at radius 3 is 2.79 bits per heavy atom. The van der Waals surface area contributed by atoms with Crippen molar-refractivity contribution in [2.45, 2.75) is 45.3 Å². The quantitative estimate of drug-likeness (QED) is 0.619. The maximum absolute atomic E-state index is 13.2. The van der Waals surface area contributed by atoms with Crippen molar-refractivity contribution in [3.63, 3.8) is 0 Å². The fraction of sp³-hybridized carbons (Fsp3) is 0.348. The van der Waals surface area contributed by atoms with Gasteiger partial charge in [-0.15, -0.1) is 0 Å². The van der Waals surface area contributed by atoms with Gasteiger partial charge in [0.25, 0.3) is 5.91 Å². The molecule has 2 N–H and O–H groups in total. The van der Waals surface area contributed by atoms with Crippen molar-refractivity contribution in [2.24, 2.45) is 9.98 Å². The summed E-state index contributed by atoms with van der Waals surface area (Å²) < 4.78 is 5.21. The van der Waals surface area contributed by atoms with E-state index in [0.29, 0.717) is 22.5 Å². The summed E-state index contributed by atoms with van der Waals surface area (Å²) in [7, 11) is 0. The van der Waals surface area contributed by atoms with E-state index < -0.39 is 6.04 Å². The van der Waals surface area contributed by atoms with Crippen molar-refractivity contribution in [3.05, 3.63) is 54.0 Å². The summed E-state index contributed by atoms with van der Waals surface area (Å²) in [5, 5.41) is 6.04. The number of amides is 3. The van der Waals surface area contributed by atoms with Gasteiger partial charge in [-0.2, -0.15) is 0 Å². The van der Waals surface area contributed by atoms with E-state index in [-0.39, 0.29) is 42.5 Å². The number of hydrogen-bond acceptors (Lipinski definition) is 7. The van der Waals surface area contributed by atoms with Gasteiger partial charge in [0, 0.05) is 11.6 Å². The molecule has 0 spiro atoms. The molecular formula is C23H25N5O4S. The number of fused-ring (bicyclic) bond motifs is 3. The van der Waals surface area contributed by atoms with Gasteiger partial charge < -0.3 is 15.1 Å². The minimum Gasteiger partial charge on any atom is -0.467 e. The molecule has 2 aromatic rings. The van der Waals surface area contributed by atoms with Crippen LogP contribution in [-0.4, -0.2) is 51.5 Å². The molecule has 2 aliphatic heterocycles. The number of nitrogens with zero attached hydrogens (tertiary/aromatic N) is 3. The lowest BCUT2D eigenvalue weighted by Gasteiger charge is -2.25. The van der Waals surface area contributed by atoms with E-state index in [1.54, 1.807) is 12.1 Å². The summed E-state index contributed by atoms with van der Waals surface area (Å²) in [6.07, 6.45) is 2.27. The molecule has 172 valence electrons. The van der Waals surface area contributed by atoms with Crippen LogP contribution >= 0.6 is 11.8 Å². The van der Waals surface area contributed by atoms with Gasteiger partial charge in [-0.1, -0.05) is 30.8 Å². The summed E-state index contributed by atoms with van der Waals surface area (Å²) >= 11 is 1.18. The first-order chi connectivity index (χ1) is 16.0. The number of para-hydroxylation sites is 1. The second kappa shape index (κ2) is 10.0. The first kappa shape index (κ1) is 22.8. The second-order valence-electron chi connectivity index (χ2n) is 7.78. The standard InChI is InChI=1S/C23H25N5O4S/c1-3-14(2)25-20(30)13-33-23-27-17-9-5-4-8-16(17)21-26-18(22(31)28(21)23)11-19(29)24-12-15-7-6-10-32-15/h4-10,14,18H,3,11-13H2,1-2H3,(H,24,29)(H,25,30)/t14-,18+/m0/s1. The third kappa shape index (κ3) is 5.16. The van der Waals surface area contributed by atoms with Crippen molar-refractivity contribution >= 4 is 46.2 Å². The number of amidine groups is 2. The van der Waals surface area contributed by atoms with E-state index in [1.165, 1.54) is 22.9 Å². The number of benzene rings is 1. The van der Waals surface area contributed by atoms with Gasteiger partial charge in [0.05, 0.1) is 30.7 Å². The molecular weight excluding hydrogens is 442 g/mol. The van der Waals surface area contributed by atoms with E-state index in [4.69, 9.17) is 4.42 Å². The Bertz CT molecular complexity index is 1110. The Morgan fingerprint density at radius 1 is 1.21 bits per heavy atom. The summed E-state index contributed by atoms with van der Waals surface area (Å²) in [6.45, 7) is 4.17. The highest BCUT2D eigenvalue weighted by atomic mass is 32.2. The molecule has 1 aromatic carbocycles. The number of furan rings is 1. The van der Waals surface area contributed by atoms with Crippen LogP contribution in [0.3, 0.4) is 0 Å². The number of rotatable bonds is 8. The summed E-state index contributed by atoms with van der Waals surface area (Å²) in [5.74, 6) is 0.438. The highest BCUT2D eigenvalue weighted by Crippen LogP contribution is 2.34. The first-order valence-electron chi connectivity index (χ1n) is 10.8. The summed E-state index contributed by atoms with van der Waals surface area (Å²) in [5.41, 5.74) is 1.39. The van der Waals surface area contributed by atoms with Crippen molar-refractivity contribution in [1.29, 1.82) is 0 Å². The Morgan fingerprint density at radius 2 is 2.03 bits per heavy atom. The van der Waals surface area contributed by atoms with Crippen molar-refractivity contribution in [2.75, 3.05) is 5.75 Å². The molecule has 0 unspecified atom stereocenters. The zero-order valence-corrected chi connectivity index (χ0v) is 19.2. The molecule has 0 radical (unpaired) electrons. The fourth-order valence-electron chi connectivity index (χ4n) is 3.43. The lowest BCUT2D eigenvalue weighted by molar-refractivity contribution is -0.128. The van der Waals surface area contributed by atoms with Crippen LogP contribution in [0.1, 0.15) is 38.0 Å². The van der Waals surface area contributed by atoms with Crippen LogP contribution in [0.4, 0.5) is 5.69 Å². The van der Waals surface area contributed by atoms with Gasteiger partial charge in [-0.3, -0.25) is 19.4 Å². The number of carbonyl (C=O) groups excluding carboxylic acids is 3. The Labute approximate surface area is 195 Å². The molecule has 3 amide bonds. The molecule has 0 fully saturated rings. The molecule has 3 heterocycles. The van der Waals surface area contributed by atoms with Crippen LogP contribution in [0, 0.1) is 0 Å². The molecule has 2 atom stereocenters. The van der Waals surface area contributed by atoms with Gasteiger partial charge in [0.15, 0.2) is 5.17 Å². The van der Waals surface area contributed by atoms with Crippen LogP contribution < -0.4 is 10.6 Å². The largest absolute Gasteiger partial charge is 0.467 e. The number of thioether (sulfide) groups is 1. The normalized spacial score (nSPS) is 17.6. The van der Waals surface area contributed by atoms with Crippen LogP contribution in [-0.2, 0) is 20.9 Å². The third-order valence-electron chi connectivity index (χ3n) is 5.32. The lowest BCUT2D eigenvalue weighted by atomic mass is 10.1. The minimum absolute atomic E-state index is 0.0710. The molecule has 2 aliphatic rings. The molecule has 9 nitrogen and oxygen atoms in total. The number of hydrogen-bond donors (Lipinski definition) is 2. The van der Waals surface area contributed by atoms with Gasteiger partial charge >= 0.3 is 0 Å². The topological polar surface area (TPSA) is 116 Å². The monoisotopic (exact) mass is 467 g/mol. The van der Waals surface area contributed by atoms with Crippen molar-refractivity contribution in [3.8, 4) is 0 Å². The van der Waals surface area contributed by atoms with Crippen molar-refractivity contribution in [1.82, 2.24) is 15.5 Å². The highest BCUT2D eigenvalue weighted by Gasteiger charge is 2.42. The number of aliphatic imine (C=N–C) groups is 2. The second-order valence-corrected chi connectivity index (χ2v) is 8.72. The Hall–Kier alpha value is -3.40. The average molecular weight is 468 g/mol. The molecule has 0 aliphatic carbocycles. The predicted molar refractivity (Wildman–Crippen MR) is 126 cm³/mol. The first-order valence-corrected chi connectivity index (χ1v) is 11.8. The molecule has 10 heteroatoms. The predicted octanol–water partition coefficient (Wildman–Crippen LogP) is 2.59. The van der Waals surface area contributed by atoms with Crippen LogP contribution in [0.15, 0.2) is 57.1 Å². The smallest absolute Gasteiger partial charge is 0.259 e. The van der Waals surface area contributed by atoms with Crippen LogP contribution in [0.5, 0.6) is 0 Å². The highest BCUT2D eigenvalue weighted by molar-refractivity contribution is 8.14. The van der Waals surface area contributed by atoms with Crippen LogP contribution in [0.25, 0.3) is 0 Å². The zero-order valence-electron chi connectivity index (χ0n) is 18.4. The zero-order chi connectivity index (χ0) is 23.4. The molecule has 0 bridgehead atoms. The SMILES string of the molecule is CC[C@H](C)NC(=O)CSC1=Nc2ccccc2C2=N[C@H](CC(=O)NCc3ccco3)C(=O)N12. The molecule has 0 saturated heterocycles. The lowest BCUT2D eigenvalue weighted by Crippen LogP contribution is -2.42. The van der Waals surface area contributed by atoms with E-state index >= 15 is 0 Å². The molecule has 33 heavy (non-hydrogen) atoms. The van der Waals surface area contributed by atoms with Crippen molar-refractivity contribution < 1.29 is 18.8 Å². The Kier molecular flexibility index (Phi) is 6.93. The maximum atomic E-state index is 13.2. The molecule has 0 saturated carbocycles. The van der Waals surface area contributed by atoms with E-state index in [0.717, 1.165) is 12.0 Å². The van der Waals surface area contributed by atoms with Crippen LogP contribution in [0.2, 0.25) is 0 Å². The van der Waals surface area contributed by atoms with E-state index in [2.05, 4.69) is 20.6 Å². The Balaban J connectivity index is 1.48. The van der Waals surface area contributed by atoms with E-state index in [9.17, 15) is 14.4 Å². The van der Waals surface area contributed by atoms with Gasteiger partial charge in [0.2, 0.25) is 11.8 Å². The third-order valence-corrected chi connectivity index (χ3v) is 6.26. The molecule has 1 aromatic heterocycles. The maximum Gasteiger partial charge on any atom is 0.259 e. The minimum atomic E-state index is -0.859.